The summed E-state index contributed by atoms with van der Waals surface area (Å²) in [4.78, 5) is 17.3. The zero-order valence-corrected chi connectivity index (χ0v) is 22.9. The van der Waals surface area contributed by atoms with E-state index in [9.17, 15) is 4.79 Å². The van der Waals surface area contributed by atoms with E-state index in [0.717, 1.165) is 50.0 Å². The van der Waals surface area contributed by atoms with Crippen LogP contribution in [0.15, 0.2) is 22.8 Å². The van der Waals surface area contributed by atoms with Gasteiger partial charge in [0.05, 0.1) is 11.7 Å². The van der Waals surface area contributed by atoms with Gasteiger partial charge in [-0.05, 0) is 115 Å². The standard InChI is InChI=1S/C31H48N2O2/c1-20-19-31(21(2)29-28(35-31)7-6-14-33(29)16-15-32(4)5)13-11-24-25-9-8-22-17-23(34)10-12-30(22,3)27(25)18-26(20)24/h17,21,24-25,27-29H,6-16,18-19H2,1-5H3. The first-order valence-corrected chi connectivity index (χ1v) is 14.7. The smallest absolute Gasteiger partial charge is 0.155 e. The molecule has 0 amide bonds. The Morgan fingerprint density at radius 3 is 2.80 bits per heavy atom. The Kier molecular flexibility index (Phi) is 6.13. The fourth-order valence-corrected chi connectivity index (χ4v) is 9.80. The Balaban J connectivity index is 1.25. The van der Waals surface area contributed by atoms with Crippen LogP contribution in [0.5, 0.6) is 0 Å². The van der Waals surface area contributed by atoms with Crippen molar-refractivity contribution in [3.05, 3.63) is 22.8 Å². The summed E-state index contributed by atoms with van der Waals surface area (Å²) in [6, 6.07) is 0.591. The molecule has 0 bridgehead atoms. The molecule has 2 saturated heterocycles. The minimum Gasteiger partial charge on any atom is -0.369 e. The Morgan fingerprint density at radius 1 is 1.17 bits per heavy atom. The maximum Gasteiger partial charge on any atom is 0.155 e. The number of hydrogen-bond donors (Lipinski definition) is 0. The molecule has 1 spiro atoms. The fourth-order valence-electron chi connectivity index (χ4n) is 9.80. The van der Waals surface area contributed by atoms with Gasteiger partial charge in [-0.2, -0.15) is 0 Å². The number of hydrogen-bond acceptors (Lipinski definition) is 4. The van der Waals surface area contributed by atoms with Gasteiger partial charge < -0.3 is 9.64 Å². The lowest BCUT2D eigenvalue weighted by Gasteiger charge is -2.48. The van der Waals surface area contributed by atoms with Gasteiger partial charge in [0, 0.05) is 31.5 Å². The van der Waals surface area contributed by atoms with Crippen molar-refractivity contribution < 1.29 is 9.53 Å². The maximum atomic E-state index is 12.2. The van der Waals surface area contributed by atoms with Crippen LogP contribution in [0.25, 0.3) is 0 Å². The highest BCUT2D eigenvalue weighted by Crippen LogP contribution is 2.64. The molecule has 6 aliphatic rings. The van der Waals surface area contributed by atoms with E-state index >= 15 is 0 Å². The summed E-state index contributed by atoms with van der Waals surface area (Å²) < 4.78 is 7.18. The first kappa shape index (κ1) is 24.4. The first-order chi connectivity index (χ1) is 16.7. The number of ether oxygens (including phenoxy) is 1. The number of nitrogens with zero attached hydrogens (tertiary/aromatic N) is 2. The van der Waals surface area contributed by atoms with Crippen LogP contribution >= 0.6 is 0 Å². The van der Waals surface area contributed by atoms with Gasteiger partial charge in [0.2, 0.25) is 0 Å². The fraction of sp³-hybridized carbons (Fsp3) is 0.839. The summed E-state index contributed by atoms with van der Waals surface area (Å²) in [6.45, 7) is 11.0. The number of allylic oxidation sites excluding steroid dienone is 3. The molecule has 35 heavy (non-hydrogen) atoms. The van der Waals surface area contributed by atoms with Crippen LogP contribution in [-0.4, -0.2) is 67.1 Å². The van der Waals surface area contributed by atoms with Gasteiger partial charge in [-0.25, -0.2) is 0 Å². The average molecular weight is 481 g/mol. The zero-order chi connectivity index (χ0) is 24.5. The third-order valence-corrected chi connectivity index (χ3v) is 11.7. The molecule has 0 aromatic rings. The summed E-state index contributed by atoms with van der Waals surface area (Å²) in [5, 5.41) is 0. The van der Waals surface area contributed by atoms with Crippen LogP contribution in [0.1, 0.15) is 85.0 Å². The molecule has 8 unspecified atom stereocenters. The summed E-state index contributed by atoms with van der Waals surface area (Å²) >= 11 is 0. The molecule has 0 radical (unpaired) electrons. The van der Waals surface area contributed by atoms with Gasteiger partial charge >= 0.3 is 0 Å². The second-order valence-corrected chi connectivity index (χ2v) is 13.7. The van der Waals surface area contributed by atoms with Crippen molar-refractivity contribution in [3.63, 3.8) is 0 Å². The minimum atomic E-state index is 0.0356. The Bertz CT molecular complexity index is 936. The Morgan fingerprint density at radius 2 is 2.00 bits per heavy atom. The number of ketones is 1. The molecule has 0 aromatic heterocycles. The van der Waals surface area contributed by atoms with E-state index in [4.69, 9.17) is 4.74 Å². The normalized spacial score (nSPS) is 45.8. The molecule has 2 saturated carbocycles. The highest BCUT2D eigenvalue weighted by molar-refractivity contribution is 5.91. The van der Waals surface area contributed by atoms with Gasteiger partial charge in [-0.3, -0.25) is 9.69 Å². The lowest BCUT2D eigenvalue weighted by atomic mass is 9.56. The number of likely N-dealkylation sites (tertiary alicyclic amines) is 1. The van der Waals surface area contributed by atoms with Gasteiger partial charge in [0.1, 0.15) is 0 Å². The minimum absolute atomic E-state index is 0.0356. The largest absolute Gasteiger partial charge is 0.369 e. The van der Waals surface area contributed by atoms with Crippen molar-refractivity contribution in [1.29, 1.82) is 0 Å². The summed E-state index contributed by atoms with van der Waals surface area (Å²) in [6.07, 6.45) is 14.2. The molecule has 0 aromatic carbocycles. The van der Waals surface area contributed by atoms with Crippen molar-refractivity contribution in [2.75, 3.05) is 33.7 Å². The monoisotopic (exact) mass is 480 g/mol. The lowest BCUT2D eigenvalue weighted by Crippen LogP contribution is -2.51. The van der Waals surface area contributed by atoms with Crippen molar-refractivity contribution in [2.45, 2.75) is 103 Å². The highest BCUT2D eigenvalue weighted by atomic mass is 16.5. The second-order valence-electron chi connectivity index (χ2n) is 13.7. The maximum absolute atomic E-state index is 12.2. The van der Waals surface area contributed by atoms with Crippen molar-refractivity contribution >= 4 is 5.78 Å². The number of likely N-dealkylation sites (N-methyl/N-ethyl adjacent to an activating group) is 1. The topological polar surface area (TPSA) is 32.8 Å². The molecular formula is C31H48N2O2. The molecule has 0 N–H and O–H groups in total. The molecule has 6 rings (SSSR count). The predicted octanol–water partition coefficient (Wildman–Crippen LogP) is 5.63. The van der Waals surface area contributed by atoms with Crippen molar-refractivity contribution in [3.8, 4) is 0 Å². The predicted molar refractivity (Wildman–Crippen MR) is 141 cm³/mol. The van der Waals surface area contributed by atoms with Gasteiger partial charge in [0.25, 0.3) is 0 Å². The third-order valence-electron chi connectivity index (χ3n) is 11.7. The van der Waals surface area contributed by atoms with Crippen molar-refractivity contribution in [2.24, 2.45) is 29.1 Å². The van der Waals surface area contributed by atoms with E-state index in [1.54, 1.807) is 11.1 Å². The zero-order valence-electron chi connectivity index (χ0n) is 22.9. The lowest BCUT2D eigenvalue weighted by molar-refractivity contribution is -0.116. The Labute approximate surface area is 213 Å². The summed E-state index contributed by atoms with van der Waals surface area (Å²) in [5.74, 6) is 3.27. The van der Waals surface area contributed by atoms with Gasteiger partial charge in [0.15, 0.2) is 5.78 Å². The highest BCUT2D eigenvalue weighted by Gasteiger charge is 2.58. The van der Waals surface area contributed by atoms with E-state index < -0.39 is 0 Å². The summed E-state index contributed by atoms with van der Waals surface area (Å²) in [5.41, 5.74) is 5.23. The molecule has 4 heteroatoms. The molecule has 8 atom stereocenters. The quantitative estimate of drug-likeness (QED) is 0.490. The van der Waals surface area contributed by atoms with E-state index in [-0.39, 0.29) is 11.0 Å². The molecule has 2 heterocycles. The SMILES string of the molecule is CC1=C2CC3C(CCC4=CC(=O)CCC43C)C2CCC2(C1)OC1CCCN(CCN(C)C)C1C2C. The van der Waals surface area contributed by atoms with Crippen LogP contribution in [0.2, 0.25) is 0 Å². The molecule has 4 fully saturated rings. The van der Waals surface area contributed by atoms with Crippen LogP contribution in [0.4, 0.5) is 0 Å². The number of rotatable bonds is 3. The molecule has 4 nitrogen and oxygen atoms in total. The van der Waals surface area contributed by atoms with E-state index in [1.165, 1.54) is 57.2 Å². The Hall–Kier alpha value is -0.970. The van der Waals surface area contributed by atoms with E-state index in [1.807, 2.05) is 6.08 Å². The van der Waals surface area contributed by atoms with Gasteiger partial charge in [-0.15, -0.1) is 0 Å². The molecule has 194 valence electrons. The summed E-state index contributed by atoms with van der Waals surface area (Å²) in [7, 11) is 4.39. The third kappa shape index (κ3) is 3.84. The molecule has 4 aliphatic carbocycles. The van der Waals surface area contributed by atoms with Crippen LogP contribution in [0.3, 0.4) is 0 Å². The van der Waals surface area contributed by atoms with E-state index in [0.29, 0.717) is 23.8 Å². The number of carbonyl (C=O) groups is 1. The molecule has 2 aliphatic heterocycles. The number of piperidine rings is 1. The second kappa shape index (κ2) is 8.81. The average Bonchev–Trinajstić information content (AvgIpc) is 3.29. The van der Waals surface area contributed by atoms with Crippen LogP contribution < -0.4 is 0 Å². The van der Waals surface area contributed by atoms with Crippen LogP contribution in [-0.2, 0) is 9.53 Å². The number of fused-ring (bicyclic) bond motifs is 6. The van der Waals surface area contributed by atoms with Crippen LogP contribution in [0, 0.1) is 29.1 Å². The molecular weight excluding hydrogens is 432 g/mol. The van der Waals surface area contributed by atoms with Crippen molar-refractivity contribution in [1.82, 2.24) is 9.80 Å². The first-order valence-electron chi connectivity index (χ1n) is 14.7. The number of carbonyl (C=O) groups excluding carboxylic acids is 1. The van der Waals surface area contributed by atoms with E-state index in [2.05, 4.69) is 44.7 Å². The van der Waals surface area contributed by atoms with Gasteiger partial charge in [-0.1, -0.05) is 30.6 Å².